The Balaban J connectivity index is 2.62. The molecule has 0 aliphatic carbocycles. The van der Waals surface area contributed by atoms with E-state index >= 15 is 0 Å². The molecule has 1 rings (SSSR count). The molecule has 0 amide bonds. The van der Waals surface area contributed by atoms with Crippen molar-refractivity contribution in [1.29, 1.82) is 0 Å². The molecule has 2 heteroatoms. The molecule has 13 heavy (non-hydrogen) atoms. The summed E-state index contributed by atoms with van der Waals surface area (Å²) in [7, 11) is 0. The van der Waals surface area contributed by atoms with E-state index in [0.717, 1.165) is 6.42 Å². The summed E-state index contributed by atoms with van der Waals surface area (Å²) in [5.74, 6) is 0.196. The lowest BCUT2D eigenvalue weighted by atomic mass is 9.99. The average molecular weight is 179 g/mol. The average Bonchev–Trinajstić information content (AvgIpc) is 2.14. The summed E-state index contributed by atoms with van der Waals surface area (Å²) in [4.78, 5) is 0. The molecule has 3 N–H and O–H groups in total. The fourth-order valence-electron chi connectivity index (χ4n) is 1.39. The molecule has 1 aromatic rings. The highest BCUT2D eigenvalue weighted by Gasteiger charge is 2.05. The van der Waals surface area contributed by atoms with Gasteiger partial charge in [-0.05, 0) is 31.4 Å². The molecule has 0 aliphatic rings. The minimum absolute atomic E-state index is 0.171. The maximum absolute atomic E-state index is 8.98. The molecule has 0 saturated carbocycles. The summed E-state index contributed by atoms with van der Waals surface area (Å²) in [6.45, 7) is 2.79. The molecule has 0 radical (unpaired) electrons. The lowest BCUT2D eigenvalue weighted by Crippen LogP contribution is -2.20. The minimum atomic E-state index is 0.171. The largest absolute Gasteiger partial charge is 0.396 e. The van der Waals surface area contributed by atoms with Crippen molar-refractivity contribution in [3.8, 4) is 0 Å². The van der Waals surface area contributed by atoms with Crippen LogP contribution in [0.4, 0.5) is 0 Å². The maximum atomic E-state index is 8.98. The zero-order chi connectivity index (χ0) is 9.68. The first-order chi connectivity index (χ1) is 6.26. The first-order valence-corrected chi connectivity index (χ1v) is 4.62. The fraction of sp³-hybridized carbons (Fsp3) is 0.455. The van der Waals surface area contributed by atoms with Crippen LogP contribution in [0, 0.1) is 12.8 Å². The number of benzene rings is 1. The van der Waals surface area contributed by atoms with Crippen LogP contribution >= 0.6 is 0 Å². The van der Waals surface area contributed by atoms with Crippen LogP contribution in [0.5, 0.6) is 0 Å². The predicted octanol–water partition coefficient (Wildman–Crippen LogP) is 1.10. The Morgan fingerprint density at radius 3 is 2.77 bits per heavy atom. The van der Waals surface area contributed by atoms with E-state index in [1.54, 1.807) is 0 Å². The van der Waals surface area contributed by atoms with Gasteiger partial charge < -0.3 is 10.8 Å². The third kappa shape index (κ3) is 3.17. The number of hydrogen-bond acceptors (Lipinski definition) is 2. The van der Waals surface area contributed by atoms with Crippen molar-refractivity contribution in [2.75, 3.05) is 13.2 Å². The molecule has 2 nitrogen and oxygen atoms in total. The van der Waals surface area contributed by atoms with Crippen LogP contribution in [0.3, 0.4) is 0 Å². The third-order valence-corrected chi connectivity index (χ3v) is 2.20. The van der Waals surface area contributed by atoms with Crippen LogP contribution < -0.4 is 5.73 Å². The number of aliphatic hydroxyl groups excluding tert-OH is 1. The van der Waals surface area contributed by atoms with Gasteiger partial charge >= 0.3 is 0 Å². The normalized spacial score (nSPS) is 12.8. The molecule has 0 aliphatic heterocycles. The van der Waals surface area contributed by atoms with E-state index in [1.165, 1.54) is 11.1 Å². The molecule has 0 saturated heterocycles. The van der Waals surface area contributed by atoms with Crippen molar-refractivity contribution in [1.82, 2.24) is 0 Å². The highest BCUT2D eigenvalue weighted by molar-refractivity contribution is 5.22. The summed E-state index contributed by atoms with van der Waals surface area (Å²) in [6.07, 6.45) is 0.870. The van der Waals surface area contributed by atoms with Crippen LogP contribution in [0.25, 0.3) is 0 Å². The number of aliphatic hydroxyl groups is 1. The SMILES string of the molecule is Cc1cccc(C[C@H](CN)CO)c1. The Morgan fingerprint density at radius 1 is 1.46 bits per heavy atom. The number of rotatable bonds is 4. The summed E-state index contributed by atoms with van der Waals surface area (Å²) in [6, 6.07) is 8.32. The smallest absolute Gasteiger partial charge is 0.0474 e. The second-order valence-electron chi connectivity index (χ2n) is 3.48. The Kier molecular flexibility index (Phi) is 3.93. The van der Waals surface area contributed by atoms with Gasteiger partial charge in [-0.25, -0.2) is 0 Å². The number of nitrogens with two attached hydrogens (primary N) is 1. The lowest BCUT2D eigenvalue weighted by molar-refractivity contribution is 0.230. The highest BCUT2D eigenvalue weighted by atomic mass is 16.3. The topological polar surface area (TPSA) is 46.2 Å². The second-order valence-corrected chi connectivity index (χ2v) is 3.48. The Morgan fingerprint density at radius 2 is 2.23 bits per heavy atom. The zero-order valence-electron chi connectivity index (χ0n) is 8.03. The molecule has 0 unspecified atom stereocenters. The van der Waals surface area contributed by atoms with Gasteiger partial charge in [-0.1, -0.05) is 29.8 Å². The van der Waals surface area contributed by atoms with Gasteiger partial charge in [-0.3, -0.25) is 0 Å². The summed E-state index contributed by atoms with van der Waals surface area (Å²) >= 11 is 0. The van der Waals surface area contributed by atoms with Gasteiger partial charge in [0.1, 0.15) is 0 Å². The van der Waals surface area contributed by atoms with Crippen molar-refractivity contribution in [3.05, 3.63) is 35.4 Å². The van der Waals surface area contributed by atoms with E-state index < -0.39 is 0 Å². The van der Waals surface area contributed by atoms with Crippen LogP contribution in [-0.4, -0.2) is 18.3 Å². The number of hydrogen-bond donors (Lipinski definition) is 2. The summed E-state index contributed by atoms with van der Waals surface area (Å²) < 4.78 is 0. The van der Waals surface area contributed by atoms with Crippen LogP contribution in [0.15, 0.2) is 24.3 Å². The molecule has 72 valence electrons. The number of aryl methyl sites for hydroxylation is 1. The Bertz CT molecular complexity index is 256. The van der Waals surface area contributed by atoms with Gasteiger partial charge in [-0.15, -0.1) is 0 Å². The second kappa shape index (κ2) is 5.00. The maximum Gasteiger partial charge on any atom is 0.0474 e. The Labute approximate surface area is 79.4 Å². The van der Waals surface area contributed by atoms with Crippen LogP contribution in [0.1, 0.15) is 11.1 Å². The van der Waals surface area contributed by atoms with E-state index in [-0.39, 0.29) is 12.5 Å². The lowest BCUT2D eigenvalue weighted by Gasteiger charge is -2.11. The fourth-order valence-corrected chi connectivity index (χ4v) is 1.39. The first kappa shape index (κ1) is 10.2. The summed E-state index contributed by atoms with van der Waals surface area (Å²) in [5.41, 5.74) is 8.02. The molecular weight excluding hydrogens is 162 g/mol. The molecular formula is C11H17NO. The van der Waals surface area contributed by atoms with E-state index in [9.17, 15) is 0 Å². The van der Waals surface area contributed by atoms with E-state index in [1.807, 2.05) is 6.07 Å². The van der Waals surface area contributed by atoms with Gasteiger partial charge in [0, 0.05) is 6.61 Å². The predicted molar refractivity (Wildman–Crippen MR) is 54.5 cm³/mol. The Hall–Kier alpha value is -0.860. The van der Waals surface area contributed by atoms with Crippen LogP contribution in [-0.2, 0) is 6.42 Å². The highest BCUT2D eigenvalue weighted by Crippen LogP contribution is 2.09. The van der Waals surface area contributed by atoms with Gasteiger partial charge in [0.05, 0.1) is 0 Å². The summed E-state index contributed by atoms with van der Waals surface area (Å²) in [5, 5.41) is 8.98. The van der Waals surface area contributed by atoms with Crippen molar-refractivity contribution in [3.63, 3.8) is 0 Å². The molecule has 0 spiro atoms. The van der Waals surface area contributed by atoms with Crippen LogP contribution in [0.2, 0.25) is 0 Å². The molecule has 0 heterocycles. The third-order valence-electron chi connectivity index (χ3n) is 2.20. The first-order valence-electron chi connectivity index (χ1n) is 4.62. The van der Waals surface area contributed by atoms with E-state index in [0.29, 0.717) is 6.54 Å². The van der Waals surface area contributed by atoms with Crippen molar-refractivity contribution < 1.29 is 5.11 Å². The molecule has 1 aromatic carbocycles. The molecule has 0 aromatic heterocycles. The van der Waals surface area contributed by atoms with E-state index in [4.69, 9.17) is 10.8 Å². The quantitative estimate of drug-likeness (QED) is 0.727. The van der Waals surface area contributed by atoms with Crippen molar-refractivity contribution in [2.24, 2.45) is 11.7 Å². The molecule has 1 atom stereocenters. The standard InChI is InChI=1S/C11H17NO/c1-9-3-2-4-10(5-9)6-11(7-12)8-13/h2-5,11,13H,6-8,12H2,1H3/t11-/m1/s1. The monoisotopic (exact) mass is 179 g/mol. The molecule has 0 fully saturated rings. The van der Waals surface area contributed by atoms with Gasteiger partial charge in [0.25, 0.3) is 0 Å². The zero-order valence-corrected chi connectivity index (χ0v) is 8.03. The van der Waals surface area contributed by atoms with E-state index in [2.05, 4.69) is 25.1 Å². The van der Waals surface area contributed by atoms with Gasteiger partial charge in [0.15, 0.2) is 0 Å². The molecule has 0 bridgehead atoms. The van der Waals surface area contributed by atoms with Gasteiger partial charge in [-0.2, -0.15) is 0 Å². The van der Waals surface area contributed by atoms with Crippen molar-refractivity contribution >= 4 is 0 Å². The minimum Gasteiger partial charge on any atom is -0.396 e. The van der Waals surface area contributed by atoms with Gasteiger partial charge in [0.2, 0.25) is 0 Å². The van der Waals surface area contributed by atoms with Crippen molar-refractivity contribution in [2.45, 2.75) is 13.3 Å².